The van der Waals surface area contributed by atoms with Gasteiger partial charge >= 0.3 is 0 Å². The van der Waals surface area contributed by atoms with E-state index in [9.17, 15) is 4.79 Å². The van der Waals surface area contributed by atoms with E-state index in [-0.39, 0.29) is 5.91 Å². The fourth-order valence-corrected chi connectivity index (χ4v) is 2.84. The first-order valence-corrected chi connectivity index (χ1v) is 8.29. The van der Waals surface area contributed by atoms with Gasteiger partial charge in [0.1, 0.15) is 11.5 Å². The van der Waals surface area contributed by atoms with Gasteiger partial charge in [0.05, 0.1) is 12.4 Å². The van der Waals surface area contributed by atoms with Gasteiger partial charge in [0.2, 0.25) is 0 Å². The third-order valence-corrected chi connectivity index (χ3v) is 4.23. The van der Waals surface area contributed by atoms with Crippen molar-refractivity contribution in [2.75, 3.05) is 29.6 Å². The normalized spacial score (nSPS) is 14.4. The lowest BCUT2D eigenvalue weighted by Gasteiger charge is -2.13. The second-order valence-electron chi connectivity index (χ2n) is 6.31. The summed E-state index contributed by atoms with van der Waals surface area (Å²) >= 11 is 0. The number of benzene rings is 1. The van der Waals surface area contributed by atoms with Crippen molar-refractivity contribution >= 4 is 23.1 Å². The average Bonchev–Trinajstić information content (AvgIpc) is 3.09. The fourth-order valence-electron chi connectivity index (χ4n) is 2.84. The van der Waals surface area contributed by atoms with Crippen molar-refractivity contribution in [3.8, 4) is 0 Å². The SMILES string of the molecule is CN(C)c1ccc(NC(=O)c2cnc(NC3CCCC3)cn2)cc1. The van der Waals surface area contributed by atoms with Crippen molar-refractivity contribution in [2.24, 2.45) is 0 Å². The van der Waals surface area contributed by atoms with E-state index in [1.807, 2.05) is 43.3 Å². The molecule has 126 valence electrons. The average molecular weight is 325 g/mol. The van der Waals surface area contributed by atoms with Crippen LogP contribution in [0.3, 0.4) is 0 Å². The molecule has 0 spiro atoms. The highest BCUT2D eigenvalue weighted by atomic mass is 16.1. The maximum Gasteiger partial charge on any atom is 0.275 e. The standard InChI is InChI=1S/C18H23N5O/c1-23(2)15-9-7-14(8-10-15)22-18(24)16-11-20-17(12-19-16)21-13-5-3-4-6-13/h7-13H,3-6H2,1-2H3,(H,20,21)(H,22,24). The number of nitrogens with zero attached hydrogens (tertiary/aromatic N) is 3. The summed E-state index contributed by atoms with van der Waals surface area (Å²) in [5.74, 6) is 0.473. The Labute approximate surface area is 142 Å². The highest BCUT2D eigenvalue weighted by Crippen LogP contribution is 2.21. The van der Waals surface area contributed by atoms with Crippen molar-refractivity contribution < 1.29 is 4.79 Å². The minimum atomic E-state index is -0.257. The van der Waals surface area contributed by atoms with Gasteiger partial charge in [0.25, 0.3) is 5.91 Å². The van der Waals surface area contributed by atoms with Crippen LogP contribution in [0, 0.1) is 0 Å². The molecular formula is C18H23N5O. The highest BCUT2D eigenvalue weighted by Gasteiger charge is 2.15. The van der Waals surface area contributed by atoms with Gasteiger partial charge in [-0.3, -0.25) is 4.79 Å². The van der Waals surface area contributed by atoms with Crippen LogP contribution in [-0.2, 0) is 0 Å². The maximum absolute atomic E-state index is 12.2. The maximum atomic E-state index is 12.2. The van der Waals surface area contributed by atoms with Crippen LogP contribution in [0.15, 0.2) is 36.7 Å². The quantitative estimate of drug-likeness (QED) is 0.884. The molecule has 1 aliphatic carbocycles. The molecule has 1 aliphatic rings. The Bertz CT molecular complexity index is 676. The number of aromatic nitrogens is 2. The Hall–Kier alpha value is -2.63. The molecule has 0 bridgehead atoms. The third kappa shape index (κ3) is 4.01. The molecule has 0 aliphatic heterocycles. The minimum absolute atomic E-state index is 0.257. The summed E-state index contributed by atoms with van der Waals surface area (Å²) in [5.41, 5.74) is 2.12. The zero-order valence-corrected chi connectivity index (χ0v) is 14.1. The molecule has 0 unspecified atom stereocenters. The smallest absolute Gasteiger partial charge is 0.275 e. The van der Waals surface area contributed by atoms with Crippen LogP contribution in [-0.4, -0.2) is 36.0 Å². The molecule has 2 N–H and O–H groups in total. The molecule has 0 saturated heterocycles. The van der Waals surface area contributed by atoms with E-state index in [1.165, 1.54) is 31.9 Å². The van der Waals surface area contributed by atoms with E-state index >= 15 is 0 Å². The molecule has 6 heteroatoms. The minimum Gasteiger partial charge on any atom is -0.378 e. The van der Waals surface area contributed by atoms with Gasteiger partial charge in [0.15, 0.2) is 0 Å². The lowest BCUT2D eigenvalue weighted by molar-refractivity contribution is 0.102. The van der Waals surface area contributed by atoms with Gasteiger partial charge in [-0.2, -0.15) is 0 Å². The highest BCUT2D eigenvalue weighted by molar-refractivity contribution is 6.02. The molecule has 1 saturated carbocycles. The van der Waals surface area contributed by atoms with Crippen molar-refractivity contribution in [2.45, 2.75) is 31.7 Å². The molecule has 1 fully saturated rings. The van der Waals surface area contributed by atoms with Gasteiger partial charge in [-0.25, -0.2) is 9.97 Å². The number of amides is 1. The number of hydrogen-bond donors (Lipinski definition) is 2. The molecule has 1 aromatic carbocycles. The summed E-state index contributed by atoms with van der Waals surface area (Å²) < 4.78 is 0. The Kier molecular flexibility index (Phi) is 4.93. The summed E-state index contributed by atoms with van der Waals surface area (Å²) in [6.07, 6.45) is 8.01. The number of nitrogens with one attached hydrogen (secondary N) is 2. The first kappa shape index (κ1) is 16.2. The molecule has 1 amide bonds. The summed E-state index contributed by atoms with van der Waals surface area (Å²) in [7, 11) is 3.95. The summed E-state index contributed by atoms with van der Waals surface area (Å²) in [6, 6.07) is 8.13. The monoisotopic (exact) mass is 325 g/mol. The first-order valence-electron chi connectivity index (χ1n) is 8.29. The van der Waals surface area contributed by atoms with E-state index in [1.54, 1.807) is 6.20 Å². The van der Waals surface area contributed by atoms with Gasteiger partial charge in [-0.15, -0.1) is 0 Å². The van der Waals surface area contributed by atoms with Crippen LogP contribution >= 0.6 is 0 Å². The predicted octanol–water partition coefficient (Wildman–Crippen LogP) is 3.15. The molecule has 24 heavy (non-hydrogen) atoms. The Morgan fingerprint density at radius 2 is 1.79 bits per heavy atom. The Morgan fingerprint density at radius 1 is 1.08 bits per heavy atom. The van der Waals surface area contributed by atoms with E-state index in [0.29, 0.717) is 11.7 Å². The van der Waals surface area contributed by atoms with Crippen LogP contribution in [0.1, 0.15) is 36.2 Å². The van der Waals surface area contributed by atoms with E-state index in [0.717, 1.165) is 17.2 Å². The van der Waals surface area contributed by atoms with E-state index in [4.69, 9.17) is 0 Å². The summed E-state index contributed by atoms with van der Waals surface area (Å²) in [5, 5.41) is 6.20. The fraction of sp³-hybridized carbons (Fsp3) is 0.389. The molecule has 1 aromatic heterocycles. The number of rotatable bonds is 5. The second-order valence-corrected chi connectivity index (χ2v) is 6.31. The molecule has 0 radical (unpaired) electrons. The number of hydrogen-bond acceptors (Lipinski definition) is 5. The van der Waals surface area contributed by atoms with Gasteiger partial charge in [0, 0.05) is 31.5 Å². The van der Waals surface area contributed by atoms with Crippen LogP contribution in [0.5, 0.6) is 0 Å². The Morgan fingerprint density at radius 3 is 2.38 bits per heavy atom. The number of carbonyl (C=O) groups excluding carboxylic acids is 1. The Balaban J connectivity index is 1.60. The lowest BCUT2D eigenvalue weighted by Crippen LogP contribution is -2.17. The largest absolute Gasteiger partial charge is 0.378 e. The number of anilines is 3. The summed E-state index contributed by atoms with van der Waals surface area (Å²) in [4.78, 5) is 22.8. The summed E-state index contributed by atoms with van der Waals surface area (Å²) in [6.45, 7) is 0. The molecule has 1 heterocycles. The van der Waals surface area contributed by atoms with E-state index < -0.39 is 0 Å². The molecule has 0 atom stereocenters. The van der Waals surface area contributed by atoms with Gasteiger partial charge in [-0.05, 0) is 37.1 Å². The van der Waals surface area contributed by atoms with Crippen molar-refractivity contribution in [1.29, 1.82) is 0 Å². The number of carbonyl (C=O) groups is 1. The molecular weight excluding hydrogens is 302 g/mol. The van der Waals surface area contributed by atoms with Crippen LogP contribution < -0.4 is 15.5 Å². The lowest BCUT2D eigenvalue weighted by atomic mass is 10.2. The van der Waals surface area contributed by atoms with Crippen LogP contribution in [0.25, 0.3) is 0 Å². The zero-order chi connectivity index (χ0) is 16.9. The van der Waals surface area contributed by atoms with Crippen LogP contribution in [0.2, 0.25) is 0 Å². The zero-order valence-electron chi connectivity index (χ0n) is 14.1. The van der Waals surface area contributed by atoms with Crippen molar-refractivity contribution in [1.82, 2.24) is 9.97 Å². The second kappa shape index (κ2) is 7.29. The van der Waals surface area contributed by atoms with E-state index in [2.05, 4.69) is 20.6 Å². The third-order valence-electron chi connectivity index (χ3n) is 4.23. The molecule has 6 nitrogen and oxygen atoms in total. The topological polar surface area (TPSA) is 70.2 Å². The van der Waals surface area contributed by atoms with Crippen molar-refractivity contribution in [3.05, 3.63) is 42.4 Å². The van der Waals surface area contributed by atoms with Crippen molar-refractivity contribution in [3.63, 3.8) is 0 Å². The van der Waals surface area contributed by atoms with Crippen LogP contribution in [0.4, 0.5) is 17.2 Å². The van der Waals surface area contributed by atoms with Gasteiger partial charge in [-0.1, -0.05) is 12.8 Å². The molecule has 3 rings (SSSR count). The first-order chi connectivity index (χ1) is 11.6. The molecule has 2 aromatic rings. The van der Waals surface area contributed by atoms with Gasteiger partial charge < -0.3 is 15.5 Å². The predicted molar refractivity (Wildman–Crippen MR) is 96.6 cm³/mol.